The van der Waals surface area contributed by atoms with Crippen LogP contribution in [0.2, 0.25) is 5.02 Å². The van der Waals surface area contributed by atoms with Crippen LogP contribution in [0, 0.1) is 5.92 Å². The van der Waals surface area contributed by atoms with Crippen LogP contribution in [0.1, 0.15) is 12.5 Å². The first kappa shape index (κ1) is 14.9. The van der Waals surface area contributed by atoms with Crippen LogP contribution in [0.25, 0.3) is 0 Å². The van der Waals surface area contributed by atoms with Crippen molar-refractivity contribution in [3.63, 3.8) is 0 Å². The van der Waals surface area contributed by atoms with Gasteiger partial charge in [-0.2, -0.15) is 0 Å². The van der Waals surface area contributed by atoms with Crippen molar-refractivity contribution in [2.24, 2.45) is 11.7 Å². The van der Waals surface area contributed by atoms with E-state index in [9.17, 15) is 4.79 Å². The van der Waals surface area contributed by atoms with Gasteiger partial charge in [0.1, 0.15) is 0 Å². The molecule has 0 fully saturated rings. The molecule has 18 heavy (non-hydrogen) atoms. The van der Waals surface area contributed by atoms with Crippen LogP contribution in [0.3, 0.4) is 0 Å². The van der Waals surface area contributed by atoms with Gasteiger partial charge in [-0.15, -0.1) is 0 Å². The summed E-state index contributed by atoms with van der Waals surface area (Å²) in [5, 5.41) is 0.638. The number of carbonyl (C=O) groups excluding carboxylic acids is 1. The molecule has 5 heteroatoms. The molecule has 1 unspecified atom stereocenters. The summed E-state index contributed by atoms with van der Waals surface area (Å²) in [5.74, 6) is 0.0497. The maximum absolute atomic E-state index is 12.0. The van der Waals surface area contributed by atoms with Crippen molar-refractivity contribution in [2.75, 3.05) is 13.6 Å². The molecule has 1 aromatic carbocycles. The molecule has 0 spiro atoms. The maximum Gasteiger partial charge on any atom is 0.226 e. The lowest BCUT2D eigenvalue weighted by atomic mass is 10.1. The predicted molar refractivity (Wildman–Crippen MR) is 78.7 cm³/mol. The van der Waals surface area contributed by atoms with Gasteiger partial charge in [-0.05, 0) is 17.7 Å². The molecule has 0 bridgehead atoms. The summed E-state index contributed by atoms with van der Waals surface area (Å²) in [6, 6.07) is 7.30. The first-order valence-electron chi connectivity index (χ1n) is 5.68. The monoisotopic (exact) mass is 284 g/mol. The Hall–Kier alpha value is -1.13. The molecule has 0 saturated heterocycles. The van der Waals surface area contributed by atoms with E-state index in [0.29, 0.717) is 23.0 Å². The van der Waals surface area contributed by atoms with Gasteiger partial charge in [0.05, 0.1) is 11.4 Å². The summed E-state index contributed by atoms with van der Waals surface area (Å²) < 4.78 is 0. The average molecular weight is 285 g/mol. The third-order valence-electron chi connectivity index (χ3n) is 2.70. The SMILES string of the molecule is CC(CN(C)C(=O)Cc1cccc(Cl)c1)C(N)=S. The number of carbonyl (C=O) groups is 1. The van der Waals surface area contributed by atoms with Crippen molar-refractivity contribution < 1.29 is 4.79 Å². The summed E-state index contributed by atoms with van der Waals surface area (Å²) in [4.78, 5) is 14.1. The molecule has 0 aliphatic rings. The Bertz CT molecular complexity index is 450. The highest BCUT2D eigenvalue weighted by Crippen LogP contribution is 2.12. The van der Waals surface area contributed by atoms with Crippen LogP contribution in [-0.4, -0.2) is 29.4 Å². The fourth-order valence-electron chi connectivity index (χ4n) is 1.56. The minimum absolute atomic E-state index is 0.0216. The molecule has 0 aromatic heterocycles. The zero-order chi connectivity index (χ0) is 13.7. The first-order valence-corrected chi connectivity index (χ1v) is 6.46. The Labute approximate surface area is 118 Å². The molecule has 0 saturated carbocycles. The minimum atomic E-state index is 0.0216. The van der Waals surface area contributed by atoms with Crippen molar-refractivity contribution >= 4 is 34.7 Å². The number of halogens is 1. The Morgan fingerprint density at radius 3 is 2.78 bits per heavy atom. The molecular weight excluding hydrogens is 268 g/mol. The second-order valence-electron chi connectivity index (χ2n) is 4.38. The molecule has 0 radical (unpaired) electrons. The summed E-state index contributed by atoms with van der Waals surface area (Å²) in [6.45, 7) is 2.44. The summed E-state index contributed by atoms with van der Waals surface area (Å²) in [6.07, 6.45) is 0.334. The number of hydrogen-bond donors (Lipinski definition) is 1. The molecule has 2 N–H and O–H groups in total. The zero-order valence-electron chi connectivity index (χ0n) is 10.5. The van der Waals surface area contributed by atoms with Crippen LogP contribution < -0.4 is 5.73 Å². The molecule has 1 atom stereocenters. The fourth-order valence-corrected chi connectivity index (χ4v) is 1.85. The quantitative estimate of drug-likeness (QED) is 0.844. The molecular formula is C13H17ClN2OS. The van der Waals surface area contributed by atoms with E-state index in [4.69, 9.17) is 29.6 Å². The van der Waals surface area contributed by atoms with Crippen LogP contribution in [0.15, 0.2) is 24.3 Å². The van der Waals surface area contributed by atoms with E-state index in [1.807, 2.05) is 19.1 Å². The minimum Gasteiger partial charge on any atom is -0.393 e. The molecule has 0 heterocycles. The highest BCUT2D eigenvalue weighted by atomic mass is 35.5. The number of hydrogen-bond acceptors (Lipinski definition) is 2. The normalized spacial score (nSPS) is 11.9. The number of rotatable bonds is 5. The van der Waals surface area contributed by atoms with Crippen molar-refractivity contribution in [1.29, 1.82) is 0 Å². The Kier molecular flexibility index (Phi) is 5.56. The number of nitrogens with two attached hydrogens (primary N) is 1. The van der Waals surface area contributed by atoms with Gasteiger partial charge in [0, 0.05) is 24.5 Å². The largest absolute Gasteiger partial charge is 0.393 e. The van der Waals surface area contributed by atoms with Gasteiger partial charge in [0.25, 0.3) is 0 Å². The predicted octanol–water partition coefficient (Wildman–Crippen LogP) is 2.26. The van der Waals surface area contributed by atoms with E-state index in [2.05, 4.69) is 0 Å². The second-order valence-corrected chi connectivity index (χ2v) is 5.29. The second kappa shape index (κ2) is 6.71. The Morgan fingerprint density at radius 2 is 2.22 bits per heavy atom. The fraction of sp³-hybridized carbons (Fsp3) is 0.385. The first-order chi connectivity index (χ1) is 8.40. The lowest BCUT2D eigenvalue weighted by Gasteiger charge is -2.21. The highest BCUT2D eigenvalue weighted by molar-refractivity contribution is 7.80. The smallest absolute Gasteiger partial charge is 0.226 e. The Morgan fingerprint density at radius 1 is 1.56 bits per heavy atom. The molecule has 98 valence electrons. The van der Waals surface area contributed by atoms with Gasteiger partial charge in [-0.3, -0.25) is 4.79 Å². The summed E-state index contributed by atoms with van der Waals surface area (Å²) in [7, 11) is 1.75. The van der Waals surface area contributed by atoms with Crippen LogP contribution in [-0.2, 0) is 11.2 Å². The van der Waals surface area contributed by atoms with Crippen molar-refractivity contribution in [2.45, 2.75) is 13.3 Å². The highest BCUT2D eigenvalue weighted by Gasteiger charge is 2.14. The van der Waals surface area contributed by atoms with Gasteiger partial charge in [-0.25, -0.2) is 0 Å². The van der Waals surface area contributed by atoms with Crippen molar-refractivity contribution in [3.8, 4) is 0 Å². The Balaban J connectivity index is 2.57. The lowest BCUT2D eigenvalue weighted by Crippen LogP contribution is -2.36. The van der Waals surface area contributed by atoms with E-state index < -0.39 is 0 Å². The third-order valence-corrected chi connectivity index (χ3v) is 3.34. The lowest BCUT2D eigenvalue weighted by molar-refractivity contribution is -0.129. The van der Waals surface area contributed by atoms with E-state index in [1.54, 1.807) is 24.1 Å². The molecule has 0 aliphatic heterocycles. The van der Waals surface area contributed by atoms with Crippen molar-refractivity contribution in [3.05, 3.63) is 34.9 Å². The average Bonchev–Trinajstić information content (AvgIpc) is 2.28. The van der Waals surface area contributed by atoms with Gasteiger partial charge >= 0.3 is 0 Å². The number of nitrogens with zero attached hydrogens (tertiary/aromatic N) is 1. The number of thiocarbonyl (C=S) groups is 1. The third kappa shape index (κ3) is 4.63. The van der Waals surface area contributed by atoms with Crippen LogP contribution in [0.4, 0.5) is 0 Å². The molecule has 1 amide bonds. The topological polar surface area (TPSA) is 46.3 Å². The number of likely N-dealkylation sites (N-methyl/N-ethyl adjacent to an activating group) is 1. The van der Waals surface area contributed by atoms with E-state index in [0.717, 1.165) is 5.56 Å². The molecule has 3 nitrogen and oxygen atoms in total. The van der Waals surface area contributed by atoms with E-state index in [1.165, 1.54) is 0 Å². The van der Waals surface area contributed by atoms with E-state index >= 15 is 0 Å². The molecule has 1 aromatic rings. The van der Waals surface area contributed by atoms with Crippen LogP contribution in [0.5, 0.6) is 0 Å². The van der Waals surface area contributed by atoms with Crippen molar-refractivity contribution in [1.82, 2.24) is 4.90 Å². The number of amides is 1. The molecule has 0 aliphatic carbocycles. The van der Waals surface area contributed by atoms with Gasteiger partial charge < -0.3 is 10.6 Å². The summed E-state index contributed by atoms with van der Waals surface area (Å²) >= 11 is 10.8. The molecule has 1 rings (SSSR count). The maximum atomic E-state index is 12.0. The van der Waals surface area contributed by atoms with Gasteiger partial charge in [-0.1, -0.05) is 42.9 Å². The standard InChI is InChI=1S/C13H17ClN2OS/c1-9(13(15)18)8-16(2)12(17)7-10-4-3-5-11(14)6-10/h3-6,9H,7-8H2,1-2H3,(H2,15,18). The van der Waals surface area contributed by atoms with Gasteiger partial charge in [0.2, 0.25) is 5.91 Å². The van der Waals surface area contributed by atoms with Crippen LogP contribution >= 0.6 is 23.8 Å². The zero-order valence-corrected chi connectivity index (χ0v) is 12.1. The number of benzene rings is 1. The summed E-state index contributed by atoms with van der Waals surface area (Å²) in [5.41, 5.74) is 6.44. The van der Waals surface area contributed by atoms with E-state index in [-0.39, 0.29) is 11.8 Å². The van der Waals surface area contributed by atoms with Gasteiger partial charge in [0.15, 0.2) is 0 Å².